The molecule has 0 saturated heterocycles. The van der Waals surface area contributed by atoms with Crippen molar-refractivity contribution in [1.29, 1.82) is 0 Å². The molecular weight excluding hydrogens is 170 g/mol. The van der Waals surface area contributed by atoms with Crippen LogP contribution < -0.4 is 11.2 Å². The number of primary amides is 1. The summed E-state index contributed by atoms with van der Waals surface area (Å²) in [5.41, 5.74) is 7.60. The molecule has 3 N–H and O–H groups in total. The van der Waals surface area contributed by atoms with E-state index in [1.165, 1.54) is 10.9 Å². The monoisotopic (exact) mass is 179 g/mol. The summed E-state index contributed by atoms with van der Waals surface area (Å²) >= 11 is 0. The molecule has 13 heavy (non-hydrogen) atoms. The van der Waals surface area contributed by atoms with Crippen LogP contribution in [-0.4, -0.2) is 22.0 Å². The summed E-state index contributed by atoms with van der Waals surface area (Å²) in [5, 5.41) is 7.45. The third kappa shape index (κ3) is 2.78. The Hall–Kier alpha value is -2.11. The number of nitrogens with zero attached hydrogens (tertiary/aromatic N) is 3. The molecule has 0 fully saturated rings. The van der Waals surface area contributed by atoms with Crippen molar-refractivity contribution in [2.45, 2.75) is 0 Å². The average molecular weight is 179 g/mol. The summed E-state index contributed by atoms with van der Waals surface area (Å²) in [5.74, 6) is 0. The average Bonchev–Trinajstić information content (AvgIpc) is 2.52. The summed E-state index contributed by atoms with van der Waals surface area (Å²) in [6.07, 6.45) is 6.24. The van der Waals surface area contributed by atoms with Crippen LogP contribution in [0.2, 0.25) is 0 Å². The van der Waals surface area contributed by atoms with Crippen LogP contribution in [0.1, 0.15) is 5.56 Å². The molecule has 0 aliphatic carbocycles. The van der Waals surface area contributed by atoms with Crippen molar-refractivity contribution in [2.75, 3.05) is 0 Å². The van der Waals surface area contributed by atoms with Crippen LogP contribution in [0.15, 0.2) is 24.1 Å². The van der Waals surface area contributed by atoms with Crippen LogP contribution in [0.5, 0.6) is 0 Å². The standard InChI is InChI=1S/C7H9N5O/c1-2-12-5-6(4-10-12)3-9-11-7(8)13/h2-5H,1H2,(H3,8,11,13)/b9-3+. The molecule has 0 saturated carbocycles. The van der Waals surface area contributed by atoms with Gasteiger partial charge in [0.2, 0.25) is 0 Å². The van der Waals surface area contributed by atoms with Crippen molar-refractivity contribution in [3.05, 3.63) is 24.5 Å². The van der Waals surface area contributed by atoms with Crippen molar-refractivity contribution in [2.24, 2.45) is 10.8 Å². The number of carbonyl (C=O) groups excluding carboxylic acids is 1. The Morgan fingerprint density at radius 2 is 2.62 bits per heavy atom. The van der Waals surface area contributed by atoms with Gasteiger partial charge in [-0.3, -0.25) is 0 Å². The number of hydrogen-bond donors (Lipinski definition) is 2. The van der Waals surface area contributed by atoms with E-state index in [4.69, 9.17) is 5.73 Å². The van der Waals surface area contributed by atoms with Gasteiger partial charge in [-0.25, -0.2) is 14.9 Å². The first-order valence-corrected chi connectivity index (χ1v) is 3.47. The summed E-state index contributed by atoms with van der Waals surface area (Å²) in [7, 11) is 0. The van der Waals surface area contributed by atoms with E-state index in [0.29, 0.717) is 0 Å². The minimum Gasteiger partial charge on any atom is -0.350 e. The second-order valence-electron chi connectivity index (χ2n) is 2.17. The van der Waals surface area contributed by atoms with Gasteiger partial charge in [0.1, 0.15) is 0 Å². The third-order valence-corrected chi connectivity index (χ3v) is 1.20. The third-order valence-electron chi connectivity index (χ3n) is 1.20. The highest BCUT2D eigenvalue weighted by molar-refractivity contribution is 5.80. The fourth-order valence-corrected chi connectivity index (χ4v) is 0.690. The fourth-order valence-electron chi connectivity index (χ4n) is 0.690. The lowest BCUT2D eigenvalue weighted by Crippen LogP contribution is -2.24. The minimum absolute atomic E-state index is 0.702. The van der Waals surface area contributed by atoms with Crippen LogP contribution in [0, 0.1) is 0 Å². The lowest BCUT2D eigenvalue weighted by Gasteiger charge is -1.88. The molecule has 6 nitrogen and oxygen atoms in total. The van der Waals surface area contributed by atoms with Gasteiger partial charge in [0, 0.05) is 18.0 Å². The highest BCUT2D eigenvalue weighted by Gasteiger charge is 1.91. The van der Waals surface area contributed by atoms with Gasteiger partial charge in [0.05, 0.1) is 12.4 Å². The molecule has 0 radical (unpaired) electrons. The van der Waals surface area contributed by atoms with Crippen LogP contribution in [0.25, 0.3) is 6.20 Å². The Balaban J connectivity index is 2.58. The quantitative estimate of drug-likeness (QED) is 0.505. The molecular formula is C7H9N5O. The first kappa shape index (κ1) is 8.98. The Bertz CT molecular complexity index is 340. The zero-order valence-electron chi connectivity index (χ0n) is 6.84. The van der Waals surface area contributed by atoms with Gasteiger partial charge in [0.15, 0.2) is 0 Å². The Morgan fingerprint density at radius 1 is 1.85 bits per heavy atom. The van der Waals surface area contributed by atoms with Crippen LogP contribution in [0.4, 0.5) is 4.79 Å². The molecule has 0 spiro atoms. The number of amides is 2. The van der Waals surface area contributed by atoms with Crippen molar-refractivity contribution in [1.82, 2.24) is 15.2 Å². The molecule has 1 aromatic heterocycles. The number of urea groups is 1. The molecule has 6 heteroatoms. The molecule has 1 heterocycles. The summed E-state index contributed by atoms with van der Waals surface area (Å²) in [6.45, 7) is 3.52. The number of rotatable bonds is 3. The summed E-state index contributed by atoms with van der Waals surface area (Å²) in [6, 6.07) is -0.702. The molecule has 0 atom stereocenters. The van der Waals surface area contributed by atoms with E-state index in [1.807, 2.05) is 0 Å². The fraction of sp³-hybridized carbons (Fsp3) is 0. The zero-order valence-corrected chi connectivity index (χ0v) is 6.84. The highest BCUT2D eigenvalue weighted by atomic mass is 16.2. The van der Waals surface area contributed by atoms with E-state index in [-0.39, 0.29) is 0 Å². The predicted molar refractivity (Wildman–Crippen MR) is 48.9 cm³/mol. The van der Waals surface area contributed by atoms with Crippen LogP contribution in [-0.2, 0) is 0 Å². The minimum atomic E-state index is -0.702. The molecule has 1 aromatic rings. The molecule has 1 rings (SSSR count). The van der Waals surface area contributed by atoms with E-state index in [9.17, 15) is 4.79 Å². The Kier molecular flexibility index (Phi) is 2.80. The van der Waals surface area contributed by atoms with Gasteiger partial charge in [-0.2, -0.15) is 10.2 Å². The van der Waals surface area contributed by atoms with Gasteiger partial charge >= 0.3 is 6.03 Å². The second-order valence-corrected chi connectivity index (χ2v) is 2.17. The molecule has 0 bridgehead atoms. The van der Waals surface area contributed by atoms with E-state index >= 15 is 0 Å². The summed E-state index contributed by atoms with van der Waals surface area (Å²) < 4.78 is 1.52. The first-order chi connectivity index (χ1) is 6.22. The number of aromatic nitrogens is 2. The lowest BCUT2D eigenvalue weighted by molar-refractivity contribution is 0.249. The molecule has 0 aliphatic rings. The van der Waals surface area contributed by atoms with Gasteiger partial charge in [0.25, 0.3) is 0 Å². The van der Waals surface area contributed by atoms with Crippen molar-refractivity contribution >= 4 is 18.4 Å². The van der Waals surface area contributed by atoms with E-state index in [1.54, 1.807) is 18.6 Å². The maximum Gasteiger partial charge on any atom is 0.332 e. The van der Waals surface area contributed by atoms with Crippen LogP contribution in [0.3, 0.4) is 0 Å². The van der Waals surface area contributed by atoms with Gasteiger partial charge < -0.3 is 5.73 Å². The topological polar surface area (TPSA) is 85.3 Å². The second kappa shape index (κ2) is 4.05. The van der Waals surface area contributed by atoms with Gasteiger partial charge in [-0.15, -0.1) is 0 Å². The van der Waals surface area contributed by atoms with Crippen LogP contribution >= 0.6 is 0 Å². The van der Waals surface area contributed by atoms with E-state index in [2.05, 4.69) is 22.2 Å². The molecule has 68 valence electrons. The Morgan fingerprint density at radius 3 is 3.15 bits per heavy atom. The normalized spacial score (nSPS) is 10.2. The number of carbonyl (C=O) groups is 1. The lowest BCUT2D eigenvalue weighted by atomic mass is 10.4. The largest absolute Gasteiger partial charge is 0.350 e. The van der Waals surface area contributed by atoms with Gasteiger partial charge in [-0.05, 0) is 0 Å². The van der Waals surface area contributed by atoms with Crippen molar-refractivity contribution < 1.29 is 4.79 Å². The predicted octanol–water partition coefficient (Wildman–Crippen LogP) is -0.0142. The SMILES string of the molecule is C=Cn1cc(/C=N/NC(N)=O)cn1. The number of nitrogens with two attached hydrogens (primary N) is 1. The maximum absolute atomic E-state index is 10.2. The van der Waals surface area contributed by atoms with E-state index < -0.39 is 6.03 Å². The first-order valence-electron chi connectivity index (χ1n) is 3.47. The van der Waals surface area contributed by atoms with E-state index in [0.717, 1.165) is 5.56 Å². The number of hydrogen-bond acceptors (Lipinski definition) is 3. The highest BCUT2D eigenvalue weighted by Crippen LogP contribution is 1.92. The molecule has 2 amide bonds. The van der Waals surface area contributed by atoms with Crippen molar-refractivity contribution in [3.8, 4) is 0 Å². The van der Waals surface area contributed by atoms with Gasteiger partial charge in [-0.1, -0.05) is 6.58 Å². The number of hydrazone groups is 1. The zero-order chi connectivity index (χ0) is 9.68. The van der Waals surface area contributed by atoms with Crippen molar-refractivity contribution in [3.63, 3.8) is 0 Å². The Labute approximate surface area is 74.7 Å². The summed E-state index contributed by atoms with van der Waals surface area (Å²) in [4.78, 5) is 10.2. The smallest absolute Gasteiger partial charge is 0.332 e. The number of nitrogens with one attached hydrogen (secondary N) is 1. The molecule has 0 unspecified atom stereocenters. The molecule has 0 aromatic carbocycles. The maximum atomic E-state index is 10.2. The molecule has 0 aliphatic heterocycles.